The lowest BCUT2D eigenvalue weighted by Gasteiger charge is -2.12. The molecule has 0 radical (unpaired) electrons. The molecule has 0 atom stereocenters. The number of aromatic nitrogens is 2. The molecule has 0 bridgehead atoms. The maximum absolute atomic E-state index is 5.80. The maximum Gasteiger partial charge on any atom is 0.220 e. The van der Waals surface area contributed by atoms with Gasteiger partial charge in [0.15, 0.2) is 0 Å². The van der Waals surface area contributed by atoms with Crippen molar-refractivity contribution in [3.63, 3.8) is 0 Å². The molecule has 0 spiro atoms. The number of ether oxygens (including phenoxy) is 2. The summed E-state index contributed by atoms with van der Waals surface area (Å²) in [6.07, 6.45) is 0. The fourth-order valence-corrected chi connectivity index (χ4v) is 1.93. The third-order valence-corrected chi connectivity index (χ3v) is 3.04. The van der Waals surface area contributed by atoms with Crippen LogP contribution >= 0.6 is 0 Å². The minimum Gasteiger partial charge on any atom is -0.497 e. The van der Waals surface area contributed by atoms with Crippen LogP contribution in [0.4, 0.5) is 5.95 Å². The van der Waals surface area contributed by atoms with Crippen LogP contribution in [0.3, 0.4) is 0 Å². The van der Waals surface area contributed by atoms with E-state index in [1.807, 2.05) is 24.3 Å². The number of methoxy groups -OCH3 is 2. The molecule has 0 aliphatic rings. The van der Waals surface area contributed by atoms with Gasteiger partial charge in [-0.2, -0.15) is 0 Å². The average Bonchev–Trinajstić information content (AvgIpc) is 2.45. The molecule has 0 amide bonds. The van der Waals surface area contributed by atoms with E-state index in [0.717, 1.165) is 28.5 Å². The number of rotatable bonds is 4. The van der Waals surface area contributed by atoms with Gasteiger partial charge in [0.25, 0.3) is 0 Å². The Labute approximate surface area is 118 Å². The molecule has 1 heterocycles. The lowest BCUT2D eigenvalue weighted by molar-refractivity contribution is 0.404. The third-order valence-electron chi connectivity index (χ3n) is 3.04. The monoisotopic (exact) mass is 273 g/mol. The maximum atomic E-state index is 5.80. The van der Waals surface area contributed by atoms with Crippen LogP contribution in [0.15, 0.2) is 24.3 Å². The molecule has 5 nitrogen and oxygen atoms in total. The van der Waals surface area contributed by atoms with Crippen molar-refractivity contribution < 1.29 is 9.47 Å². The second kappa shape index (κ2) is 5.77. The summed E-state index contributed by atoms with van der Waals surface area (Å²) < 4.78 is 10.6. The molecule has 2 N–H and O–H groups in total. The van der Waals surface area contributed by atoms with Crippen molar-refractivity contribution in [2.24, 2.45) is 0 Å². The van der Waals surface area contributed by atoms with Gasteiger partial charge in [-0.25, -0.2) is 9.97 Å². The van der Waals surface area contributed by atoms with Crippen LogP contribution in [0.1, 0.15) is 25.5 Å². The van der Waals surface area contributed by atoms with Gasteiger partial charge < -0.3 is 15.2 Å². The standard InChI is InChI=1S/C15H19N3O2/c1-9(2)12-8-13(18-15(16)17-12)11-7-10(19-3)5-6-14(11)20-4/h5-9H,1-4H3,(H2,16,17,18). The summed E-state index contributed by atoms with van der Waals surface area (Å²) in [5.74, 6) is 1.99. The number of anilines is 1. The highest BCUT2D eigenvalue weighted by molar-refractivity contribution is 5.70. The Morgan fingerprint density at radius 1 is 1.05 bits per heavy atom. The number of nitrogens with two attached hydrogens (primary N) is 1. The van der Waals surface area contributed by atoms with Crippen LogP contribution in [0.2, 0.25) is 0 Å². The minimum absolute atomic E-state index is 0.260. The first kappa shape index (κ1) is 14.1. The highest BCUT2D eigenvalue weighted by Gasteiger charge is 2.13. The number of hydrogen-bond acceptors (Lipinski definition) is 5. The smallest absolute Gasteiger partial charge is 0.220 e. The van der Waals surface area contributed by atoms with E-state index in [4.69, 9.17) is 15.2 Å². The van der Waals surface area contributed by atoms with Crippen molar-refractivity contribution in [2.45, 2.75) is 19.8 Å². The van der Waals surface area contributed by atoms with Crippen LogP contribution in [-0.4, -0.2) is 24.2 Å². The third kappa shape index (κ3) is 2.82. The molecule has 0 saturated heterocycles. The lowest BCUT2D eigenvalue weighted by atomic mass is 10.1. The Balaban J connectivity index is 2.60. The van der Waals surface area contributed by atoms with Gasteiger partial charge in [0.05, 0.1) is 19.9 Å². The predicted molar refractivity (Wildman–Crippen MR) is 79.1 cm³/mol. The van der Waals surface area contributed by atoms with E-state index in [0.29, 0.717) is 0 Å². The number of benzene rings is 1. The van der Waals surface area contributed by atoms with E-state index >= 15 is 0 Å². The van der Waals surface area contributed by atoms with Crippen molar-refractivity contribution in [1.82, 2.24) is 9.97 Å². The van der Waals surface area contributed by atoms with Gasteiger partial charge in [0.2, 0.25) is 5.95 Å². The molecular weight excluding hydrogens is 254 g/mol. The Kier molecular flexibility index (Phi) is 4.08. The van der Waals surface area contributed by atoms with E-state index in [2.05, 4.69) is 23.8 Å². The van der Waals surface area contributed by atoms with Crippen LogP contribution < -0.4 is 15.2 Å². The fraction of sp³-hybridized carbons (Fsp3) is 0.333. The fourth-order valence-electron chi connectivity index (χ4n) is 1.93. The largest absolute Gasteiger partial charge is 0.497 e. The average molecular weight is 273 g/mol. The molecule has 0 fully saturated rings. The molecule has 0 saturated carbocycles. The molecular formula is C15H19N3O2. The molecule has 1 aromatic heterocycles. The highest BCUT2D eigenvalue weighted by Crippen LogP contribution is 2.33. The van der Waals surface area contributed by atoms with E-state index in [1.54, 1.807) is 14.2 Å². The van der Waals surface area contributed by atoms with Gasteiger partial charge in [-0.1, -0.05) is 13.8 Å². The van der Waals surface area contributed by atoms with Gasteiger partial charge >= 0.3 is 0 Å². The normalized spacial score (nSPS) is 10.7. The summed E-state index contributed by atoms with van der Waals surface area (Å²) >= 11 is 0. The van der Waals surface area contributed by atoms with Crippen LogP contribution in [0, 0.1) is 0 Å². The second-order valence-corrected chi connectivity index (χ2v) is 4.76. The SMILES string of the molecule is COc1ccc(OC)c(-c2cc(C(C)C)nc(N)n2)c1. The molecule has 5 heteroatoms. The first-order chi connectivity index (χ1) is 9.55. The topological polar surface area (TPSA) is 70.3 Å². The summed E-state index contributed by atoms with van der Waals surface area (Å²) in [5, 5.41) is 0. The van der Waals surface area contributed by atoms with Gasteiger partial charge in [0, 0.05) is 11.3 Å². The van der Waals surface area contributed by atoms with Crippen molar-refractivity contribution in [1.29, 1.82) is 0 Å². The van der Waals surface area contributed by atoms with Crippen LogP contribution in [0.5, 0.6) is 11.5 Å². The van der Waals surface area contributed by atoms with E-state index in [9.17, 15) is 0 Å². The molecule has 106 valence electrons. The van der Waals surface area contributed by atoms with Crippen LogP contribution in [0.25, 0.3) is 11.3 Å². The quantitative estimate of drug-likeness (QED) is 0.927. The Hall–Kier alpha value is -2.30. The Morgan fingerprint density at radius 2 is 1.80 bits per heavy atom. The molecule has 2 rings (SSSR count). The summed E-state index contributed by atoms with van der Waals surface area (Å²) in [7, 11) is 3.25. The first-order valence-electron chi connectivity index (χ1n) is 6.42. The molecule has 0 aliphatic heterocycles. The number of nitrogens with zero attached hydrogens (tertiary/aromatic N) is 2. The highest BCUT2D eigenvalue weighted by atomic mass is 16.5. The molecule has 0 unspecified atom stereocenters. The summed E-state index contributed by atoms with van der Waals surface area (Å²) in [5.41, 5.74) is 8.27. The van der Waals surface area contributed by atoms with Gasteiger partial charge in [-0.3, -0.25) is 0 Å². The Bertz CT molecular complexity index is 612. The first-order valence-corrected chi connectivity index (χ1v) is 6.42. The van der Waals surface area contributed by atoms with Crippen LogP contribution in [-0.2, 0) is 0 Å². The van der Waals surface area contributed by atoms with E-state index < -0.39 is 0 Å². The summed E-state index contributed by atoms with van der Waals surface area (Å²) in [6.45, 7) is 4.13. The number of nitrogen functional groups attached to an aromatic ring is 1. The van der Waals surface area contributed by atoms with E-state index in [1.165, 1.54) is 0 Å². The summed E-state index contributed by atoms with van der Waals surface area (Å²) in [6, 6.07) is 7.50. The Morgan fingerprint density at radius 3 is 2.40 bits per heavy atom. The molecule has 20 heavy (non-hydrogen) atoms. The van der Waals surface area contributed by atoms with Crippen molar-refractivity contribution >= 4 is 5.95 Å². The minimum atomic E-state index is 0.260. The molecule has 2 aromatic rings. The zero-order valence-corrected chi connectivity index (χ0v) is 12.2. The van der Waals surface area contributed by atoms with Gasteiger partial charge in [-0.05, 0) is 30.2 Å². The predicted octanol–water partition coefficient (Wildman–Crippen LogP) is 2.87. The van der Waals surface area contributed by atoms with Crippen molar-refractivity contribution in [3.8, 4) is 22.8 Å². The lowest BCUT2D eigenvalue weighted by Crippen LogP contribution is -2.03. The zero-order valence-electron chi connectivity index (χ0n) is 12.2. The van der Waals surface area contributed by atoms with E-state index in [-0.39, 0.29) is 11.9 Å². The zero-order chi connectivity index (χ0) is 14.7. The van der Waals surface area contributed by atoms with Crippen molar-refractivity contribution in [2.75, 3.05) is 20.0 Å². The summed E-state index contributed by atoms with van der Waals surface area (Å²) in [4.78, 5) is 8.55. The molecule has 0 aliphatic carbocycles. The van der Waals surface area contributed by atoms with Gasteiger partial charge in [0.1, 0.15) is 11.5 Å². The second-order valence-electron chi connectivity index (χ2n) is 4.76. The van der Waals surface area contributed by atoms with Gasteiger partial charge in [-0.15, -0.1) is 0 Å². The molecule has 1 aromatic carbocycles. The number of hydrogen-bond donors (Lipinski definition) is 1. The van der Waals surface area contributed by atoms with Crippen molar-refractivity contribution in [3.05, 3.63) is 30.0 Å².